The third kappa shape index (κ3) is 4.21. The van der Waals surface area contributed by atoms with Crippen LogP contribution in [0.25, 0.3) is 0 Å². The molecule has 0 saturated carbocycles. The molecule has 1 fully saturated rings. The van der Waals surface area contributed by atoms with Crippen LogP contribution >= 0.6 is 23.2 Å². The van der Waals surface area contributed by atoms with Crippen LogP contribution in [0.15, 0.2) is 24.3 Å². The van der Waals surface area contributed by atoms with Crippen LogP contribution < -0.4 is 9.64 Å². The van der Waals surface area contributed by atoms with Crippen molar-refractivity contribution >= 4 is 40.3 Å². The van der Waals surface area contributed by atoms with E-state index < -0.39 is 22.1 Å². The zero-order valence-electron chi connectivity index (χ0n) is 15.3. The first-order valence-electron chi connectivity index (χ1n) is 8.65. The fraction of sp³-hybridized carbons (Fsp3) is 0.333. The maximum Gasteiger partial charge on any atom is 0.302 e. The maximum absolute atomic E-state index is 11.7. The van der Waals surface area contributed by atoms with E-state index in [0.29, 0.717) is 28.8 Å². The van der Waals surface area contributed by atoms with Gasteiger partial charge in [-0.3, -0.25) is 20.2 Å². The van der Waals surface area contributed by atoms with Gasteiger partial charge in [0, 0.05) is 30.7 Å². The van der Waals surface area contributed by atoms with E-state index in [9.17, 15) is 25.3 Å². The van der Waals surface area contributed by atoms with E-state index in [2.05, 4.69) is 0 Å². The molecule has 0 amide bonds. The maximum atomic E-state index is 11.7. The Morgan fingerprint density at radius 2 is 1.93 bits per heavy atom. The highest BCUT2D eigenvalue weighted by atomic mass is 35.5. The van der Waals surface area contributed by atoms with Crippen molar-refractivity contribution in [3.8, 4) is 5.75 Å². The summed E-state index contributed by atoms with van der Waals surface area (Å²) in [4.78, 5) is 23.5. The number of nitro groups is 2. The van der Waals surface area contributed by atoms with Crippen LogP contribution in [-0.4, -0.2) is 34.1 Å². The SMILES string of the molecule is Cc1c(CO)cc([N+](=O)[O-])c(N2CCC(Oc3ccc(Cl)c(Cl)c3)C2)c1[N+](=O)[O-]. The highest BCUT2D eigenvalue weighted by Crippen LogP contribution is 2.43. The van der Waals surface area contributed by atoms with Gasteiger partial charge >= 0.3 is 5.69 Å². The minimum Gasteiger partial charge on any atom is -0.488 e. The molecule has 0 spiro atoms. The molecule has 1 unspecified atom stereocenters. The lowest BCUT2D eigenvalue weighted by atomic mass is 10.0. The van der Waals surface area contributed by atoms with Crippen molar-refractivity contribution in [2.75, 3.05) is 18.0 Å². The number of anilines is 1. The molecule has 0 bridgehead atoms. The van der Waals surface area contributed by atoms with Crippen molar-refractivity contribution in [2.24, 2.45) is 0 Å². The normalized spacial score (nSPS) is 16.1. The minimum absolute atomic E-state index is 0.0741. The highest BCUT2D eigenvalue weighted by molar-refractivity contribution is 6.42. The van der Waals surface area contributed by atoms with Gasteiger partial charge in [-0.1, -0.05) is 23.2 Å². The molecular weight excluding hydrogens is 425 g/mol. The van der Waals surface area contributed by atoms with Crippen molar-refractivity contribution < 1.29 is 19.7 Å². The zero-order valence-corrected chi connectivity index (χ0v) is 16.8. The lowest BCUT2D eigenvalue weighted by Crippen LogP contribution is -2.26. The molecule has 1 heterocycles. The molecule has 1 N–H and O–H groups in total. The topological polar surface area (TPSA) is 119 Å². The predicted molar refractivity (Wildman–Crippen MR) is 108 cm³/mol. The molecule has 11 heteroatoms. The Hall–Kier alpha value is -2.62. The van der Waals surface area contributed by atoms with Gasteiger partial charge in [0.25, 0.3) is 5.69 Å². The molecule has 29 heavy (non-hydrogen) atoms. The molecule has 0 radical (unpaired) electrons. The molecule has 3 rings (SSSR count). The van der Waals surface area contributed by atoms with E-state index >= 15 is 0 Å². The van der Waals surface area contributed by atoms with Gasteiger partial charge < -0.3 is 14.7 Å². The number of halogens is 2. The van der Waals surface area contributed by atoms with E-state index in [0.717, 1.165) is 0 Å². The fourth-order valence-corrected chi connectivity index (χ4v) is 3.69. The number of benzene rings is 2. The van der Waals surface area contributed by atoms with Gasteiger partial charge in [-0.25, -0.2) is 0 Å². The Balaban J connectivity index is 1.94. The molecule has 1 aliphatic rings. The average Bonchev–Trinajstić information content (AvgIpc) is 3.11. The number of aliphatic hydroxyl groups is 1. The van der Waals surface area contributed by atoms with Crippen molar-refractivity contribution in [1.29, 1.82) is 0 Å². The second kappa shape index (κ2) is 8.40. The third-order valence-corrected chi connectivity index (χ3v) is 5.56. The van der Waals surface area contributed by atoms with E-state index in [4.69, 9.17) is 27.9 Å². The van der Waals surface area contributed by atoms with Gasteiger partial charge in [0.15, 0.2) is 5.69 Å². The molecule has 1 saturated heterocycles. The molecule has 1 aliphatic heterocycles. The average molecular weight is 442 g/mol. The van der Waals surface area contributed by atoms with Crippen LogP contribution in [0.3, 0.4) is 0 Å². The second-order valence-corrected chi connectivity index (χ2v) is 7.41. The second-order valence-electron chi connectivity index (χ2n) is 6.60. The van der Waals surface area contributed by atoms with Crippen LogP contribution in [0.4, 0.5) is 17.1 Å². The molecular formula is C18H17Cl2N3O6. The third-order valence-electron chi connectivity index (χ3n) is 4.82. The van der Waals surface area contributed by atoms with Crippen LogP contribution in [-0.2, 0) is 6.61 Å². The summed E-state index contributed by atoms with van der Waals surface area (Å²) in [6.07, 6.45) is 0.166. The largest absolute Gasteiger partial charge is 0.488 e. The highest BCUT2D eigenvalue weighted by Gasteiger charge is 2.37. The van der Waals surface area contributed by atoms with E-state index in [1.54, 1.807) is 23.1 Å². The molecule has 0 aromatic heterocycles. The van der Waals surface area contributed by atoms with Crippen molar-refractivity contribution in [2.45, 2.75) is 26.1 Å². The molecule has 0 aliphatic carbocycles. The van der Waals surface area contributed by atoms with Gasteiger partial charge in [-0.2, -0.15) is 0 Å². The van der Waals surface area contributed by atoms with E-state index in [-0.39, 0.29) is 35.2 Å². The van der Waals surface area contributed by atoms with Gasteiger partial charge in [-0.15, -0.1) is 0 Å². The number of aliphatic hydroxyl groups excluding tert-OH is 1. The van der Waals surface area contributed by atoms with E-state index in [1.165, 1.54) is 13.0 Å². The summed E-state index contributed by atoms with van der Waals surface area (Å²) in [7, 11) is 0. The number of hydrogen-bond donors (Lipinski definition) is 1. The Kier molecular flexibility index (Phi) is 6.11. The number of rotatable bonds is 6. The smallest absolute Gasteiger partial charge is 0.302 e. The summed E-state index contributed by atoms with van der Waals surface area (Å²) in [5.41, 5.74) is -0.517. The van der Waals surface area contributed by atoms with Crippen molar-refractivity contribution in [3.63, 3.8) is 0 Å². The number of hydrogen-bond acceptors (Lipinski definition) is 7. The standard InChI is InChI=1S/C18H17Cl2N3O6/c1-10-11(9-24)6-16(22(25)26)18(17(10)23(27)28)21-5-4-13(8-21)29-12-2-3-14(19)15(20)7-12/h2-3,6-7,13,24H,4-5,8-9H2,1H3. The lowest BCUT2D eigenvalue weighted by Gasteiger charge is -2.20. The van der Waals surface area contributed by atoms with Gasteiger partial charge in [-0.05, 0) is 24.6 Å². The first-order chi connectivity index (χ1) is 13.7. The number of ether oxygens (including phenoxy) is 1. The monoisotopic (exact) mass is 441 g/mol. The quantitative estimate of drug-likeness (QED) is 0.524. The van der Waals surface area contributed by atoms with Crippen LogP contribution in [0.2, 0.25) is 10.0 Å². The molecule has 2 aromatic rings. The number of nitrogens with zero attached hydrogens (tertiary/aromatic N) is 3. The fourth-order valence-electron chi connectivity index (χ4n) is 3.40. The predicted octanol–water partition coefficient (Wildman–Crippen LogP) is 4.27. The summed E-state index contributed by atoms with van der Waals surface area (Å²) >= 11 is 11.9. The summed E-state index contributed by atoms with van der Waals surface area (Å²) in [6.45, 7) is 1.50. The van der Waals surface area contributed by atoms with Crippen LogP contribution in [0.5, 0.6) is 5.75 Å². The minimum atomic E-state index is -0.673. The van der Waals surface area contributed by atoms with Gasteiger partial charge in [0.05, 0.1) is 33.0 Å². The number of nitro benzene ring substituents is 2. The molecule has 9 nitrogen and oxygen atoms in total. The summed E-state index contributed by atoms with van der Waals surface area (Å²) in [5, 5.41) is 33.4. The van der Waals surface area contributed by atoms with Crippen LogP contribution in [0, 0.1) is 27.2 Å². The Morgan fingerprint density at radius 3 is 2.52 bits per heavy atom. The Labute approximate surface area is 175 Å². The molecule has 2 aromatic carbocycles. The Bertz CT molecular complexity index is 985. The van der Waals surface area contributed by atoms with Crippen molar-refractivity contribution in [1.82, 2.24) is 0 Å². The summed E-state index contributed by atoms with van der Waals surface area (Å²) in [5.74, 6) is 0.488. The summed E-state index contributed by atoms with van der Waals surface area (Å²) in [6, 6.07) is 6.00. The van der Waals surface area contributed by atoms with E-state index in [1.807, 2.05) is 0 Å². The van der Waals surface area contributed by atoms with Crippen LogP contribution in [0.1, 0.15) is 17.5 Å². The zero-order chi connectivity index (χ0) is 21.3. The Morgan fingerprint density at radius 1 is 1.21 bits per heavy atom. The first kappa shape index (κ1) is 21.1. The van der Waals surface area contributed by atoms with Gasteiger partial charge in [0.2, 0.25) is 0 Å². The first-order valence-corrected chi connectivity index (χ1v) is 9.41. The molecule has 1 atom stereocenters. The van der Waals surface area contributed by atoms with Crippen molar-refractivity contribution in [3.05, 3.63) is 65.7 Å². The molecule has 154 valence electrons. The summed E-state index contributed by atoms with van der Waals surface area (Å²) < 4.78 is 5.87. The lowest BCUT2D eigenvalue weighted by molar-refractivity contribution is -0.393. The van der Waals surface area contributed by atoms with Gasteiger partial charge in [0.1, 0.15) is 11.9 Å².